The summed E-state index contributed by atoms with van der Waals surface area (Å²) >= 11 is 0. The predicted octanol–water partition coefficient (Wildman–Crippen LogP) is 1.16. The monoisotopic (exact) mass is 287 g/mol. The molecule has 0 amide bonds. The van der Waals surface area contributed by atoms with Gasteiger partial charge in [-0.1, -0.05) is 6.07 Å². The third-order valence-corrected chi connectivity index (χ3v) is 3.35. The molecule has 0 unspecified atom stereocenters. The molecule has 0 bridgehead atoms. The minimum atomic E-state index is -4.74. The van der Waals surface area contributed by atoms with Crippen LogP contribution in [0.5, 0.6) is 0 Å². The average molecular weight is 287 g/mol. The van der Waals surface area contributed by atoms with Gasteiger partial charge in [0.2, 0.25) is 10.0 Å². The van der Waals surface area contributed by atoms with Gasteiger partial charge in [0.25, 0.3) is 0 Å². The number of hydrogen-bond donors (Lipinski definition) is 2. The van der Waals surface area contributed by atoms with Crippen LogP contribution in [-0.2, 0) is 16.6 Å². The normalized spacial score (nSPS) is 12.7. The van der Waals surface area contributed by atoms with Crippen LogP contribution in [-0.4, -0.2) is 26.2 Å². The van der Waals surface area contributed by atoms with Crippen molar-refractivity contribution in [1.82, 2.24) is 4.72 Å². The van der Waals surface area contributed by atoms with Gasteiger partial charge in [0, 0.05) is 0 Å². The second kappa shape index (κ2) is 5.21. The molecule has 1 aromatic carbocycles. The summed E-state index contributed by atoms with van der Waals surface area (Å²) in [5.41, 5.74) is 0.0729. The van der Waals surface area contributed by atoms with E-state index < -0.39 is 40.1 Å². The predicted molar refractivity (Wildman–Crippen MR) is 53.6 cm³/mol. The lowest BCUT2D eigenvalue weighted by molar-refractivity contribution is -0.121. The smallest absolute Gasteiger partial charge is 0.392 e. The van der Waals surface area contributed by atoms with Gasteiger partial charge in [-0.2, -0.15) is 13.2 Å². The summed E-state index contributed by atoms with van der Waals surface area (Å²) in [7, 11) is -4.61. The van der Waals surface area contributed by atoms with Crippen molar-refractivity contribution in [1.29, 1.82) is 0 Å². The molecular weight excluding hydrogens is 278 g/mol. The van der Waals surface area contributed by atoms with Gasteiger partial charge in [0.05, 0.1) is 6.61 Å². The van der Waals surface area contributed by atoms with Crippen molar-refractivity contribution in [3.05, 3.63) is 29.6 Å². The summed E-state index contributed by atoms with van der Waals surface area (Å²) < 4.78 is 73.0. The molecule has 0 spiro atoms. The number of aliphatic hydroxyl groups is 1. The Morgan fingerprint density at radius 3 is 2.39 bits per heavy atom. The molecule has 0 fully saturated rings. The standard InChI is InChI=1S/C9H9F4NO3S/c10-7-2-1-6(4-15)3-8(7)18(16,17)14-5-9(11,12)13/h1-3,14-15H,4-5H2. The molecule has 1 aromatic rings. The van der Waals surface area contributed by atoms with Crippen LogP contribution < -0.4 is 4.72 Å². The lowest BCUT2D eigenvalue weighted by Gasteiger charge is -2.10. The van der Waals surface area contributed by atoms with E-state index in [0.29, 0.717) is 0 Å². The van der Waals surface area contributed by atoms with Crippen molar-refractivity contribution >= 4 is 10.0 Å². The highest BCUT2D eigenvalue weighted by Gasteiger charge is 2.31. The Hall–Kier alpha value is -1.19. The first-order valence-corrected chi connectivity index (χ1v) is 6.10. The van der Waals surface area contributed by atoms with Crippen molar-refractivity contribution in [2.75, 3.05) is 6.54 Å². The fraction of sp³-hybridized carbons (Fsp3) is 0.333. The molecular formula is C9H9F4NO3S. The highest BCUT2D eigenvalue weighted by molar-refractivity contribution is 7.89. The maximum Gasteiger partial charge on any atom is 0.402 e. The molecule has 0 heterocycles. The van der Waals surface area contributed by atoms with Gasteiger partial charge in [-0.05, 0) is 17.7 Å². The van der Waals surface area contributed by atoms with Crippen molar-refractivity contribution < 1.29 is 31.1 Å². The van der Waals surface area contributed by atoms with Crippen LogP contribution in [0.2, 0.25) is 0 Å². The van der Waals surface area contributed by atoms with Gasteiger partial charge in [0.1, 0.15) is 17.3 Å². The minimum absolute atomic E-state index is 0.0729. The Kier molecular flexibility index (Phi) is 4.30. The molecule has 2 N–H and O–H groups in total. The summed E-state index contributed by atoms with van der Waals surface area (Å²) in [4.78, 5) is -0.932. The largest absolute Gasteiger partial charge is 0.402 e. The average Bonchev–Trinajstić information content (AvgIpc) is 2.26. The number of benzene rings is 1. The maximum absolute atomic E-state index is 13.2. The van der Waals surface area contributed by atoms with E-state index in [1.807, 2.05) is 0 Å². The van der Waals surface area contributed by atoms with E-state index in [4.69, 9.17) is 5.11 Å². The number of halogens is 4. The Labute approximate surface area is 100 Å². The summed E-state index contributed by atoms with van der Waals surface area (Å²) in [5, 5.41) is 8.76. The first-order valence-electron chi connectivity index (χ1n) is 4.61. The van der Waals surface area contributed by atoms with Crippen LogP contribution in [0, 0.1) is 5.82 Å². The van der Waals surface area contributed by atoms with Crippen LogP contribution in [0.3, 0.4) is 0 Å². The Balaban J connectivity index is 3.05. The molecule has 0 saturated heterocycles. The molecule has 18 heavy (non-hydrogen) atoms. The quantitative estimate of drug-likeness (QED) is 0.817. The highest BCUT2D eigenvalue weighted by Crippen LogP contribution is 2.18. The molecule has 0 aliphatic heterocycles. The first kappa shape index (κ1) is 14.9. The second-order valence-electron chi connectivity index (χ2n) is 3.36. The Bertz CT molecular complexity index is 527. The van der Waals surface area contributed by atoms with E-state index in [9.17, 15) is 26.0 Å². The summed E-state index contributed by atoms with van der Waals surface area (Å²) in [6, 6.07) is 2.65. The summed E-state index contributed by atoms with van der Waals surface area (Å²) in [5.74, 6) is -1.19. The van der Waals surface area contributed by atoms with Crippen LogP contribution in [0.25, 0.3) is 0 Å². The molecule has 0 aromatic heterocycles. The molecule has 1 rings (SSSR count). The van der Waals surface area contributed by atoms with Gasteiger partial charge in [0.15, 0.2) is 0 Å². The van der Waals surface area contributed by atoms with E-state index in [2.05, 4.69) is 0 Å². The lowest BCUT2D eigenvalue weighted by atomic mass is 10.2. The highest BCUT2D eigenvalue weighted by atomic mass is 32.2. The van der Waals surface area contributed by atoms with E-state index in [1.165, 1.54) is 4.72 Å². The number of hydrogen-bond acceptors (Lipinski definition) is 3. The van der Waals surface area contributed by atoms with E-state index >= 15 is 0 Å². The van der Waals surface area contributed by atoms with Crippen molar-refractivity contribution in [2.24, 2.45) is 0 Å². The topological polar surface area (TPSA) is 66.4 Å². The summed E-state index contributed by atoms with van der Waals surface area (Å²) in [6.07, 6.45) is -4.74. The van der Waals surface area contributed by atoms with Crippen LogP contribution in [0.4, 0.5) is 17.6 Å². The SMILES string of the molecule is O=S(=O)(NCC(F)(F)F)c1cc(CO)ccc1F. The zero-order valence-electron chi connectivity index (χ0n) is 8.83. The number of sulfonamides is 1. The Morgan fingerprint density at radius 1 is 1.28 bits per heavy atom. The molecule has 0 radical (unpaired) electrons. The van der Waals surface area contributed by atoms with Gasteiger partial charge in [-0.15, -0.1) is 0 Å². The van der Waals surface area contributed by atoms with E-state index in [1.54, 1.807) is 0 Å². The lowest BCUT2D eigenvalue weighted by Crippen LogP contribution is -2.34. The fourth-order valence-electron chi connectivity index (χ4n) is 1.11. The van der Waals surface area contributed by atoms with Gasteiger partial charge < -0.3 is 5.11 Å². The minimum Gasteiger partial charge on any atom is -0.392 e. The third-order valence-electron chi connectivity index (χ3n) is 1.93. The van der Waals surface area contributed by atoms with Crippen molar-refractivity contribution in [3.63, 3.8) is 0 Å². The zero-order valence-corrected chi connectivity index (χ0v) is 9.65. The fourth-order valence-corrected chi connectivity index (χ4v) is 2.25. The van der Waals surface area contributed by atoms with Gasteiger partial charge >= 0.3 is 6.18 Å². The van der Waals surface area contributed by atoms with Gasteiger partial charge in [-0.3, -0.25) is 0 Å². The molecule has 0 aliphatic carbocycles. The molecule has 102 valence electrons. The third kappa shape index (κ3) is 3.93. The summed E-state index contributed by atoms with van der Waals surface area (Å²) in [6.45, 7) is -2.35. The van der Waals surface area contributed by atoms with Gasteiger partial charge in [-0.25, -0.2) is 17.5 Å². The van der Waals surface area contributed by atoms with E-state index in [0.717, 1.165) is 18.2 Å². The molecule has 0 atom stereocenters. The van der Waals surface area contributed by atoms with Crippen LogP contribution >= 0.6 is 0 Å². The van der Waals surface area contributed by atoms with E-state index in [-0.39, 0.29) is 5.56 Å². The van der Waals surface area contributed by atoms with Crippen LogP contribution in [0.1, 0.15) is 5.56 Å². The number of rotatable bonds is 4. The molecule has 0 aliphatic rings. The zero-order chi connectivity index (χ0) is 14.0. The van der Waals surface area contributed by atoms with Crippen LogP contribution in [0.15, 0.2) is 23.1 Å². The molecule has 4 nitrogen and oxygen atoms in total. The second-order valence-corrected chi connectivity index (χ2v) is 5.10. The number of nitrogens with one attached hydrogen (secondary N) is 1. The van der Waals surface area contributed by atoms with Crippen molar-refractivity contribution in [3.8, 4) is 0 Å². The number of aliphatic hydroxyl groups excluding tert-OH is 1. The molecule has 0 saturated carbocycles. The first-order chi connectivity index (χ1) is 8.15. The molecule has 9 heteroatoms. The Morgan fingerprint density at radius 2 is 1.89 bits per heavy atom. The maximum atomic E-state index is 13.2. The van der Waals surface area contributed by atoms with Crippen molar-refractivity contribution in [2.45, 2.75) is 17.7 Å². The number of alkyl halides is 3.